The highest BCUT2D eigenvalue weighted by atomic mass is 35.5. The number of nitrogens with zero attached hydrogens (tertiary/aromatic N) is 5. The highest BCUT2D eigenvalue weighted by Gasteiger charge is 2.22. The predicted octanol–water partition coefficient (Wildman–Crippen LogP) is 6.63. The first-order valence-electron chi connectivity index (χ1n) is 11.4. The standard InChI is InChI=1S/C27H20Cl2N6O3/c1-16-13-21-5-3-4-12-33(21)25(16)26(36)18-6-11-23(24(14-18)35(37)38)31-30-15-22-17(2)32-34(27(22)29)20-9-7-19(28)8-10-20/h3-15,31H,1-2H3/b30-15-. The molecule has 0 aliphatic heterocycles. The van der Waals surface area contributed by atoms with Crippen LogP contribution in [-0.4, -0.2) is 31.1 Å². The Balaban J connectivity index is 1.42. The van der Waals surface area contributed by atoms with Gasteiger partial charge in [-0.05, 0) is 74.0 Å². The van der Waals surface area contributed by atoms with Gasteiger partial charge in [-0.2, -0.15) is 10.2 Å². The zero-order valence-corrected chi connectivity index (χ0v) is 21.7. The van der Waals surface area contributed by atoms with Crippen molar-refractivity contribution in [2.24, 2.45) is 5.10 Å². The Morgan fingerprint density at radius 1 is 1.08 bits per heavy atom. The lowest BCUT2D eigenvalue weighted by molar-refractivity contribution is -0.384. The van der Waals surface area contributed by atoms with Gasteiger partial charge in [0.2, 0.25) is 5.78 Å². The molecule has 0 saturated heterocycles. The number of carbonyl (C=O) groups is 1. The van der Waals surface area contributed by atoms with Crippen LogP contribution in [0.3, 0.4) is 0 Å². The van der Waals surface area contributed by atoms with Gasteiger partial charge in [-0.15, -0.1) is 0 Å². The zero-order chi connectivity index (χ0) is 27.0. The van der Waals surface area contributed by atoms with Gasteiger partial charge in [-0.1, -0.05) is 29.3 Å². The van der Waals surface area contributed by atoms with Crippen LogP contribution in [0.25, 0.3) is 11.2 Å². The number of carbonyl (C=O) groups excluding carboxylic acids is 1. The summed E-state index contributed by atoms with van der Waals surface area (Å²) in [7, 11) is 0. The van der Waals surface area contributed by atoms with Gasteiger partial charge in [0.1, 0.15) is 10.8 Å². The highest BCUT2D eigenvalue weighted by Crippen LogP contribution is 2.29. The summed E-state index contributed by atoms with van der Waals surface area (Å²) in [4.78, 5) is 24.6. The van der Waals surface area contributed by atoms with Crippen LogP contribution in [0.4, 0.5) is 11.4 Å². The van der Waals surface area contributed by atoms with Crippen LogP contribution in [-0.2, 0) is 0 Å². The predicted molar refractivity (Wildman–Crippen MR) is 148 cm³/mol. The number of pyridine rings is 1. The third-order valence-corrected chi connectivity index (χ3v) is 6.66. The molecule has 2 aromatic carbocycles. The van der Waals surface area contributed by atoms with E-state index >= 15 is 0 Å². The lowest BCUT2D eigenvalue weighted by Crippen LogP contribution is -2.08. The summed E-state index contributed by atoms with van der Waals surface area (Å²) in [5.74, 6) is -0.316. The Morgan fingerprint density at radius 3 is 2.58 bits per heavy atom. The van der Waals surface area contributed by atoms with E-state index in [1.54, 1.807) is 46.5 Å². The number of rotatable bonds is 7. The Bertz CT molecular complexity index is 1740. The van der Waals surface area contributed by atoms with E-state index in [0.29, 0.717) is 27.1 Å². The zero-order valence-electron chi connectivity index (χ0n) is 20.2. The minimum atomic E-state index is -0.561. The summed E-state index contributed by atoms with van der Waals surface area (Å²) < 4.78 is 3.32. The van der Waals surface area contributed by atoms with E-state index in [1.807, 2.05) is 31.2 Å². The molecule has 0 atom stereocenters. The molecule has 190 valence electrons. The molecule has 0 saturated carbocycles. The van der Waals surface area contributed by atoms with E-state index in [-0.39, 0.29) is 22.7 Å². The average Bonchev–Trinajstić information content (AvgIpc) is 3.39. The fourth-order valence-electron chi connectivity index (χ4n) is 4.18. The van der Waals surface area contributed by atoms with Gasteiger partial charge in [0.05, 0.1) is 33.8 Å². The molecule has 0 spiro atoms. The molecule has 1 N–H and O–H groups in total. The number of aromatic nitrogens is 3. The Morgan fingerprint density at radius 2 is 1.84 bits per heavy atom. The topological polar surface area (TPSA) is 107 Å². The molecule has 5 aromatic rings. The maximum Gasteiger partial charge on any atom is 0.294 e. The fourth-order valence-corrected chi connectivity index (χ4v) is 4.63. The minimum Gasteiger partial charge on any atom is -0.313 e. The van der Waals surface area contributed by atoms with Crippen molar-refractivity contribution in [3.8, 4) is 5.69 Å². The van der Waals surface area contributed by atoms with Gasteiger partial charge in [0, 0.05) is 28.4 Å². The Kier molecular flexibility index (Phi) is 6.71. The van der Waals surface area contributed by atoms with Crippen LogP contribution < -0.4 is 5.43 Å². The van der Waals surface area contributed by atoms with E-state index in [0.717, 1.165) is 16.8 Å². The quantitative estimate of drug-likeness (QED) is 0.107. The van der Waals surface area contributed by atoms with Crippen molar-refractivity contribution in [1.29, 1.82) is 0 Å². The fraction of sp³-hybridized carbons (Fsp3) is 0.0741. The number of fused-ring (bicyclic) bond motifs is 1. The van der Waals surface area contributed by atoms with Gasteiger partial charge in [-0.25, -0.2) is 4.68 Å². The van der Waals surface area contributed by atoms with Crippen LogP contribution in [0.15, 0.2) is 78.0 Å². The van der Waals surface area contributed by atoms with Crippen molar-refractivity contribution in [2.45, 2.75) is 13.8 Å². The second-order valence-electron chi connectivity index (χ2n) is 8.54. The second-order valence-corrected chi connectivity index (χ2v) is 9.33. The van der Waals surface area contributed by atoms with Crippen LogP contribution in [0.5, 0.6) is 0 Å². The van der Waals surface area contributed by atoms with Gasteiger partial charge in [-0.3, -0.25) is 20.3 Å². The number of hydrogen-bond donors (Lipinski definition) is 1. The monoisotopic (exact) mass is 546 g/mol. The second kappa shape index (κ2) is 10.1. The third kappa shape index (κ3) is 4.65. The number of halogens is 2. The van der Waals surface area contributed by atoms with Crippen LogP contribution in [0.2, 0.25) is 10.2 Å². The normalized spacial score (nSPS) is 11.4. The number of benzene rings is 2. The summed E-state index contributed by atoms with van der Waals surface area (Å²) in [6, 6.07) is 18.8. The average molecular weight is 547 g/mol. The first kappa shape index (κ1) is 25.2. The maximum absolute atomic E-state index is 13.3. The number of aryl methyl sites for hydroxylation is 2. The molecule has 9 nitrogen and oxygen atoms in total. The van der Waals surface area contributed by atoms with Crippen LogP contribution in [0, 0.1) is 24.0 Å². The number of nitro benzene ring substituents is 1. The van der Waals surface area contributed by atoms with Gasteiger partial charge in [0.25, 0.3) is 5.69 Å². The van der Waals surface area contributed by atoms with E-state index < -0.39 is 4.92 Å². The molecule has 0 radical (unpaired) electrons. The van der Waals surface area contributed by atoms with Crippen LogP contribution in [0.1, 0.15) is 32.9 Å². The molecule has 5 rings (SSSR count). The SMILES string of the molecule is Cc1cc2ccccn2c1C(=O)c1ccc(N/N=C\c2c(C)nn(-c3ccc(Cl)cc3)c2Cl)c([N+](=O)[O-])c1. The first-order chi connectivity index (χ1) is 18.2. The number of hydrogen-bond acceptors (Lipinski definition) is 6. The Labute approximate surface area is 227 Å². The summed E-state index contributed by atoms with van der Waals surface area (Å²) >= 11 is 12.5. The summed E-state index contributed by atoms with van der Waals surface area (Å²) in [6.07, 6.45) is 3.23. The van der Waals surface area contributed by atoms with E-state index in [2.05, 4.69) is 15.6 Å². The van der Waals surface area contributed by atoms with Crippen molar-refractivity contribution in [3.05, 3.63) is 121 Å². The van der Waals surface area contributed by atoms with Crippen LogP contribution >= 0.6 is 23.2 Å². The number of anilines is 1. The maximum atomic E-state index is 13.3. The van der Waals surface area contributed by atoms with Gasteiger partial charge in [0.15, 0.2) is 0 Å². The lowest BCUT2D eigenvalue weighted by Gasteiger charge is -2.07. The lowest BCUT2D eigenvalue weighted by atomic mass is 10.0. The van der Waals surface area contributed by atoms with Crippen molar-refractivity contribution >= 4 is 52.1 Å². The third-order valence-electron chi connectivity index (χ3n) is 6.04. The van der Waals surface area contributed by atoms with Crippen molar-refractivity contribution in [1.82, 2.24) is 14.2 Å². The smallest absolute Gasteiger partial charge is 0.294 e. The first-order valence-corrected chi connectivity index (χ1v) is 12.2. The largest absolute Gasteiger partial charge is 0.313 e. The molecular weight excluding hydrogens is 527 g/mol. The number of nitro groups is 1. The molecule has 0 fully saturated rings. The molecule has 0 bridgehead atoms. The minimum absolute atomic E-state index is 0.124. The molecule has 38 heavy (non-hydrogen) atoms. The summed E-state index contributed by atoms with van der Waals surface area (Å²) in [5.41, 5.74) is 6.70. The molecule has 0 amide bonds. The molecule has 3 heterocycles. The number of ketones is 1. The summed E-state index contributed by atoms with van der Waals surface area (Å²) in [5, 5.41) is 21.3. The molecular formula is C27H20Cl2N6O3. The van der Waals surface area contributed by atoms with E-state index in [1.165, 1.54) is 24.4 Å². The summed E-state index contributed by atoms with van der Waals surface area (Å²) in [6.45, 7) is 3.61. The van der Waals surface area contributed by atoms with Gasteiger partial charge >= 0.3 is 0 Å². The molecule has 0 aliphatic rings. The molecule has 0 aliphatic carbocycles. The van der Waals surface area contributed by atoms with E-state index in [9.17, 15) is 14.9 Å². The van der Waals surface area contributed by atoms with Crippen molar-refractivity contribution in [2.75, 3.05) is 5.43 Å². The number of hydrazone groups is 1. The van der Waals surface area contributed by atoms with Crippen molar-refractivity contribution < 1.29 is 9.72 Å². The van der Waals surface area contributed by atoms with Crippen molar-refractivity contribution in [3.63, 3.8) is 0 Å². The Hall–Kier alpha value is -4.47. The highest BCUT2D eigenvalue weighted by molar-refractivity contribution is 6.32. The molecule has 3 aromatic heterocycles. The van der Waals surface area contributed by atoms with Gasteiger partial charge < -0.3 is 4.40 Å². The molecule has 0 unspecified atom stereocenters. The molecule has 11 heteroatoms. The number of nitrogens with one attached hydrogen (secondary N) is 1. The van der Waals surface area contributed by atoms with E-state index in [4.69, 9.17) is 23.2 Å².